The molecule has 7 heteroatoms. The molecule has 4 rings (SSSR count). The van der Waals surface area contributed by atoms with Gasteiger partial charge in [-0.15, -0.1) is 0 Å². The van der Waals surface area contributed by atoms with Gasteiger partial charge in [-0.2, -0.15) is 5.10 Å². The summed E-state index contributed by atoms with van der Waals surface area (Å²) in [5.74, 6) is 1.61. The van der Waals surface area contributed by atoms with Gasteiger partial charge in [-0.25, -0.2) is 4.98 Å². The Morgan fingerprint density at radius 1 is 1.18 bits per heavy atom. The molecule has 0 N–H and O–H groups in total. The first kappa shape index (κ1) is 18.6. The van der Waals surface area contributed by atoms with Gasteiger partial charge in [0.1, 0.15) is 5.69 Å². The van der Waals surface area contributed by atoms with Crippen molar-refractivity contribution in [2.75, 3.05) is 13.1 Å². The van der Waals surface area contributed by atoms with Crippen molar-refractivity contribution >= 4 is 0 Å². The molecule has 1 fully saturated rings. The molecule has 1 aliphatic rings. The van der Waals surface area contributed by atoms with Crippen LogP contribution in [0.1, 0.15) is 42.6 Å². The molecule has 0 saturated carbocycles. The molecule has 4 heterocycles. The number of aromatic nitrogens is 5. The molecule has 0 unspecified atom stereocenters. The fourth-order valence-electron chi connectivity index (χ4n) is 3.72. The molecular formula is C21H26N6O. The van der Waals surface area contributed by atoms with Gasteiger partial charge < -0.3 is 4.74 Å². The maximum absolute atomic E-state index is 6.10. The number of likely N-dealkylation sites (tertiary alicyclic amines) is 1. The molecule has 0 aliphatic carbocycles. The van der Waals surface area contributed by atoms with Crippen LogP contribution in [0.15, 0.2) is 43.1 Å². The van der Waals surface area contributed by atoms with Crippen LogP contribution in [0.25, 0.3) is 0 Å². The minimum atomic E-state index is 0.302. The first-order chi connectivity index (χ1) is 13.7. The maximum atomic E-state index is 6.10. The Bertz CT molecular complexity index is 925. The highest BCUT2D eigenvalue weighted by molar-refractivity contribution is 5.33. The maximum Gasteiger partial charge on any atom is 0.241 e. The summed E-state index contributed by atoms with van der Waals surface area (Å²) in [6.45, 7) is 7.88. The third kappa shape index (κ3) is 4.20. The molecule has 0 aromatic carbocycles. The standard InChI is InChI=1S/C21H26N6O/c1-3-27-14-17(12-25-27)13-26-11-5-6-18(15-26)20-21(24-10-9-23-20)28-19-7-4-8-22-16(19)2/h4,7-10,12,14,18H,3,5-6,11,13,15H2,1-2H3/t18-/m1/s1. The highest BCUT2D eigenvalue weighted by Gasteiger charge is 2.26. The Kier molecular flexibility index (Phi) is 5.62. The largest absolute Gasteiger partial charge is 0.435 e. The Balaban J connectivity index is 1.50. The van der Waals surface area contributed by atoms with E-state index >= 15 is 0 Å². The third-order valence-corrected chi connectivity index (χ3v) is 5.17. The van der Waals surface area contributed by atoms with Crippen molar-refractivity contribution in [2.24, 2.45) is 0 Å². The molecule has 1 aliphatic heterocycles. The first-order valence-corrected chi connectivity index (χ1v) is 9.87. The van der Waals surface area contributed by atoms with Crippen LogP contribution in [0.3, 0.4) is 0 Å². The zero-order valence-corrected chi connectivity index (χ0v) is 16.5. The monoisotopic (exact) mass is 378 g/mol. The average molecular weight is 378 g/mol. The summed E-state index contributed by atoms with van der Waals surface area (Å²) in [7, 11) is 0. The minimum Gasteiger partial charge on any atom is -0.435 e. The number of hydrogen-bond donors (Lipinski definition) is 0. The summed E-state index contributed by atoms with van der Waals surface area (Å²) in [6, 6.07) is 3.79. The molecule has 3 aromatic rings. The summed E-state index contributed by atoms with van der Waals surface area (Å²) in [5.41, 5.74) is 3.03. The summed E-state index contributed by atoms with van der Waals surface area (Å²) in [4.78, 5) is 15.9. The van der Waals surface area contributed by atoms with E-state index in [9.17, 15) is 0 Å². The lowest BCUT2D eigenvalue weighted by atomic mass is 9.94. The normalized spacial score (nSPS) is 17.6. The predicted molar refractivity (Wildman–Crippen MR) is 106 cm³/mol. The molecule has 146 valence electrons. The van der Waals surface area contributed by atoms with Crippen molar-refractivity contribution < 1.29 is 4.74 Å². The highest BCUT2D eigenvalue weighted by atomic mass is 16.5. The number of hydrogen-bond acceptors (Lipinski definition) is 6. The van der Waals surface area contributed by atoms with Gasteiger partial charge in [0.05, 0.1) is 11.9 Å². The molecule has 1 saturated heterocycles. The summed E-state index contributed by atoms with van der Waals surface area (Å²) < 4.78 is 8.07. The van der Waals surface area contributed by atoms with Gasteiger partial charge in [-0.1, -0.05) is 0 Å². The van der Waals surface area contributed by atoms with Crippen molar-refractivity contribution in [3.8, 4) is 11.6 Å². The van der Waals surface area contributed by atoms with E-state index in [2.05, 4.69) is 38.1 Å². The van der Waals surface area contributed by atoms with E-state index in [1.807, 2.05) is 29.9 Å². The van der Waals surface area contributed by atoms with E-state index in [4.69, 9.17) is 4.74 Å². The lowest BCUT2D eigenvalue weighted by Crippen LogP contribution is -2.34. The van der Waals surface area contributed by atoms with Crippen LogP contribution in [-0.2, 0) is 13.1 Å². The van der Waals surface area contributed by atoms with Gasteiger partial charge in [-0.05, 0) is 45.4 Å². The van der Waals surface area contributed by atoms with E-state index in [1.165, 1.54) is 5.56 Å². The van der Waals surface area contributed by atoms with Gasteiger partial charge in [-0.3, -0.25) is 19.5 Å². The fraction of sp³-hybridized carbons (Fsp3) is 0.429. The number of ether oxygens (including phenoxy) is 1. The topological polar surface area (TPSA) is 69.0 Å². The van der Waals surface area contributed by atoms with E-state index in [1.54, 1.807) is 18.6 Å². The van der Waals surface area contributed by atoms with Crippen LogP contribution in [0.2, 0.25) is 0 Å². The van der Waals surface area contributed by atoms with E-state index in [0.717, 1.165) is 56.2 Å². The van der Waals surface area contributed by atoms with Crippen molar-refractivity contribution in [1.29, 1.82) is 0 Å². The number of rotatable bonds is 6. The van der Waals surface area contributed by atoms with Crippen LogP contribution in [-0.4, -0.2) is 42.7 Å². The Morgan fingerprint density at radius 2 is 2.07 bits per heavy atom. The van der Waals surface area contributed by atoms with Crippen LogP contribution in [0.4, 0.5) is 0 Å². The van der Waals surface area contributed by atoms with Gasteiger partial charge in [0.25, 0.3) is 0 Å². The van der Waals surface area contributed by atoms with Crippen molar-refractivity contribution in [3.63, 3.8) is 0 Å². The second-order valence-electron chi connectivity index (χ2n) is 7.21. The molecule has 0 amide bonds. The van der Waals surface area contributed by atoms with Crippen molar-refractivity contribution in [2.45, 2.75) is 45.7 Å². The average Bonchev–Trinajstić information content (AvgIpc) is 3.18. The van der Waals surface area contributed by atoms with Crippen molar-refractivity contribution in [3.05, 3.63) is 60.1 Å². The minimum absolute atomic E-state index is 0.302. The lowest BCUT2D eigenvalue weighted by molar-refractivity contribution is 0.196. The Hall–Kier alpha value is -2.80. The van der Waals surface area contributed by atoms with E-state index < -0.39 is 0 Å². The van der Waals surface area contributed by atoms with Crippen LogP contribution in [0, 0.1) is 6.92 Å². The van der Waals surface area contributed by atoms with E-state index in [-0.39, 0.29) is 0 Å². The molecule has 1 atom stereocenters. The molecule has 0 radical (unpaired) electrons. The van der Waals surface area contributed by atoms with E-state index in [0.29, 0.717) is 11.8 Å². The molecule has 0 spiro atoms. The van der Waals surface area contributed by atoms with Crippen molar-refractivity contribution in [1.82, 2.24) is 29.6 Å². The second-order valence-corrected chi connectivity index (χ2v) is 7.21. The Labute approximate surface area is 165 Å². The summed E-state index contributed by atoms with van der Waals surface area (Å²) >= 11 is 0. The fourth-order valence-corrected chi connectivity index (χ4v) is 3.72. The lowest BCUT2D eigenvalue weighted by Gasteiger charge is -2.32. The third-order valence-electron chi connectivity index (χ3n) is 5.17. The molecular weight excluding hydrogens is 352 g/mol. The first-order valence-electron chi connectivity index (χ1n) is 9.87. The zero-order valence-electron chi connectivity index (χ0n) is 16.5. The second kappa shape index (κ2) is 8.48. The number of pyridine rings is 1. The van der Waals surface area contributed by atoms with Gasteiger partial charge in [0.15, 0.2) is 5.75 Å². The molecule has 28 heavy (non-hydrogen) atoms. The van der Waals surface area contributed by atoms with Gasteiger partial charge >= 0.3 is 0 Å². The number of piperidine rings is 1. The van der Waals surface area contributed by atoms with Gasteiger partial charge in [0, 0.05) is 55.9 Å². The number of nitrogens with zero attached hydrogens (tertiary/aromatic N) is 6. The Morgan fingerprint density at radius 3 is 2.89 bits per heavy atom. The summed E-state index contributed by atoms with van der Waals surface area (Å²) in [6.07, 6.45) is 11.5. The van der Waals surface area contributed by atoms with Gasteiger partial charge in [0.2, 0.25) is 5.88 Å². The molecule has 3 aromatic heterocycles. The quantitative estimate of drug-likeness (QED) is 0.653. The highest BCUT2D eigenvalue weighted by Crippen LogP contribution is 2.33. The molecule has 7 nitrogen and oxygen atoms in total. The summed E-state index contributed by atoms with van der Waals surface area (Å²) in [5, 5.41) is 4.39. The zero-order chi connectivity index (χ0) is 19.3. The van der Waals surface area contributed by atoms with Crippen LogP contribution in [0.5, 0.6) is 11.6 Å². The molecule has 0 bridgehead atoms. The SMILES string of the molecule is CCn1cc(CN2CCC[C@@H](c3nccnc3Oc3cccnc3C)C2)cn1. The predicted octanol–water partition coefficient (Wildman–Crippen LogP) is 3.57. The number of aryl methyl sites for hydroxylation is 2. The van der Waals surface area contributed by atoms with Crippen LogP contribution < -0.4 is 4.74 Å². The smallest absolute Gasteiger partial charge is 0.241 e. The van der Waals surface area contributed by atoms with Crippen LogP contribution >= 0.6 is 0 Å².